The van der Waals surface area contributed by atoms with Crippen LogP contribution in [0.1, 0.15) is 34.6 Å². The Balaban J connectivity index is 3.70. The first kappa shape index (κ1) is 11.7. The van der Waals surface area contributed by atoms with Gasteiger partial charge >= 0.3 is 0 Å². The first-order chi connectivity index (χ1) is 4.77. The molecule has 0 nitrogen and oxygen atoms in total. The summed E-state index contributed by atoms with van der Waals surface area (Å²) in [5.74, 6) is 1.23. The fourth-order valence-corrected chi connectivity index (χ4v) is 1.88. The highest BCUT2D eigenvalue weighted by atomic mass is 32.2. The maximum atomic E-state index is 2.30. The largest absolute Gasteiger partial charge is 0.158 e. The molecule has 0 heterocycles. The summed E-state index contributed by atoms with van der Waals surface area (Å²) in [6, 6.07) is 0. The molecule has 0 aromatic carbocycles. The third-order valence-electron chi connectivity index (χ3n) is 1.41. The summed E-state index contributed by atoms with van der Waals surface area (Å²) in [6.45, 7) is 11.4. The molecule has 0 saturated carbocycles. The van der Waals surface area contributed by atoms with Gasteiger partial charge in [0, 0.05) is 15.2 Å². The minimum absolute atomic E-state index is 0.410. The first-order valence-electron chi connectivity index (χ1n) is 3.96. The molecule has 11 heavy (non-hydrogen) atoms. The minimum atomic E-state index is 0.410. The van der Waals surface area contributed by atoms with Crippen LogP contribution in [0.3, 0.4) is 0 Å². The number of thioether (sulfide) groups is 2. The number of rotatable bonds is 3. The van der Waals surface area contributed by atoms with Gasteiger partial charge in [0.25, 0.3) is 0 Å². The summed E-state index contributed by atoms with van der Waals surface area (Å²) in [5, 5.41) is 0. The second-order valence-electron chi connectivity index (χ2n) is 4.36. The Morgan fingerprint density at radius 2 is 1.45 bits per heavy atom. The lowest BCUT2D eigenvalue weighted by Crippen LogP contribution is -2.21. The molecule has 0 aliphatic rings. The molecule has 0 aliphatic heterocycles. The van der Waals surface area contributed by atoms with Gasteiger partial charge in [-0.15, -0.1) is 0 Å². The Bertz CT molecular complexity index is 111. The molecule has 0 unspecified atom stereocenters. The SMILES string of the molecule is CSC(C)(C)CSC(C)(C)C. The molecule has 0 radical (unpaired) electrons. The van der Waals surface area contributed by atoms with Crippen molar-refractivity contribution in [2.45, 2.75) is 44.1 Å². The molecule has 0 rings (SSSR count). The van der Waals surface area contributed by atoms with Crippen molar-refractivity contribution >= 4 is 23.5 Å². The van der Waals surface area contributed by atoms with Crippen LogP contribution in [0.2, 0.25) is 0 Å². The number of hydrogen-bond donors (Lipinski definition) is 0. The molecule has 0 aromatic rings. The summed E-state index contributed by atoms with van der Waals surface area (Å²) in [5.41, 5.74) is 0. The monoisotopic (exact) mass is 192 g/mol. The van der Waals surface area contributed by atoms with Crippen molar-refractivity contribution in [3.63, 3.8) is 0 Å². The Morgan fingerprint density at radius 1 is 1.00 bits per heavy atom. The molecule has 0 saturated heterocycles. The van der Waals surface area contributed by atoms with Gasteiger partial charge in [-0.2, -0.15) is 23.5 Å². The van der Waals surface area contributed by atoms with E-state index < -0.39 is 0 Å². The normalized spacial score (nSPS) is 13.6. The molecule has 0 fully saturated rings. The average Bonchev–Trinajstić information content (AvgIpc) is 1.83. The zero-order valence-corrected chi connectivity index (χ0v) is 10.2. The highest BCUT2D eigenvalue weighted by Crippen LogP contribution is 2.32. The van der Waals surface area contributed by atoms with Crippen LogP contribution >= 0.6 is 23.5 Å². The van der Waals surface area contributed by atoms with E-state index in [0.717, 1.165) is 0 Å². The van der Waals surface area contributed by atoms with Crippen molar-refractivity contribution in [1.82, 2.24) is 0 Å². The summed E-state index contributed by atoms with van der Waals surface area (Å²) >= 11 is 3.99. The highest BCUT2D eigenvalue weighted by Gasteiger charge is 2.20. The van der Waals surface area contributed by atoms with Crippen molar-refractivity contribution in [3.8, 4) is 0 Å². The zero-order chi connectivity index (χ0) is 9.12. The molecule has 0 bridgehead atoms. The third-order valence-corrected chi connectivity index (χ3v) is 4.57. The van der Waals surface area contributed by atoms with Crippen LogP contribution in [0.15, 0.2) is 0 Å². The smallest absolute Gasteiger partial charge is 0.0191 e. The summed E-state index contributed by atoms with van der Waals surface area (Å²) in [6.07, 6.45) is 2.18. The zero-order valence-electron chi connectivity index (χ0n) is 8.52. The van der Waals surface area contributed by atoms with Crippen molar-refractivity contribution < 1.29 is 0 Å². The highest BCUT2D eigenvalue weighted by molar-refractivity contribution is 8.04. The quantitative estimate of drug-likeness (QED) is 0.669. The fraction of sp³-hybridized carbons (Fsp3) is 1.00. The van der Waals surface area contributed by atoms with Gasteiger partial charge in [-0.1, -0.05) is 20.8 Å². The van der Waals surface area contributed by atoms with Crippen molar-refractivity contribution in [2.24, 2.45) is 0 Å². The van der Waals surface area contributed by atoms with E-state index in [1.54, 1.807) is 0 Å². The van der Waals surface area contributed by atoms with E-state index in [-0.39, 0.29) is 0 Å². The van der Waals surface area contributed by atoms with Gasteiger partial charge in [0.1, 0.15) is 0 Å². The van der Waals surface area contributed by atoms with Crippen LogP contribution in [0.25, 0.3) is 0 Å². The van der Waals surface area contributed by atoms with Crippen LogP contribution in [-0.4, -0.2) is 21.5 Å². The molecule has 0 N–H and O–H groups in total. The van der Waals surface area contributed by atoms with Gasteiger partial charge in [-0.3, -0.25) is 0 Å². The van der Waals surface area contributed by atoms with E-state index in [9.17, 15) is 0 Å². The van der Waals surface area contributed by atoms with Crippen LogP contribution in [0.4, 0.5) is 0 Å². The van der Waals surface area contributed by atoms with Crippen molar-refractivity contribution in [1.29, 1.82) is 0 Å². The third kappa shape index (κ3) is 7.07. The Labute approximate surface area is 79.9 Å². The van der Waals surface area contributed by atoms with Gasteiger partial charge in [0.05, 0.1) is 0 Å². The maximum absolute atomic E-state index is 2.30. The molecule has 68 valence electrons. The lowest BCUT2D eigenvalue weighted by Gasteiger charge is -2.26. The lowest BCUT2D eigenvalue weighted by molar-refractivity contribution is 0.774. The van der Waals surface area contributed by atoms with Crippen LogP contribution in [-0.2, 0) is 0 Å². The van der Waals surface area contributed by atoms with E-state index in [2.05, 4.69) is 40.9 Å². The predicted molar refractivity (Wildman–Crippen MR) is 59.8 cm³/mol. The minimum Gasteiger partial charge on any atom is -0.158 e. The lowest BCUT2D eigenvalue weighted by atomic mass is 10.2. The van der Waals surface area contributed by atoms with Gasteiger partial charge in [-0.25, -0.2) is 0 Å². The molecule has 0 spiro atoms. The van der Waals surface area contributed by atoms with E-state index in [1.807, 2.05) is 23.5 Å². The Morgan fingerprint density at radius 3 is 1.73 bits per heavy atom. The van der Waals surface area contributed by atoms with Crippen LogP contribution in [0, 0.1) is 0 Å². The summed E-state index contributed by atoms with van der Waals surface area (Å²) in [7, 11) is 0. The van der Waals surface area contributed by atoms with E-state index in [0.29, 0.717) is 9.49 Å². The standard InChI is InChI=1S/C9H20S2/c1-8(2,3)11-7-9(4,5)10-6/h7H2,1-6H3. The van der Waals surface area contributed by atoms with Crippen LogP contribution < -0.4 is 0 Å². The van der Waals surface area contributed by atoms with Crippen molar-refractivity contribution in [2.75, 3.05) is 12.0 Å². The van der Waals surface area contributed by atoms with E-state index in [1.165, 1.54) is 5.75 Å². The average molecular weight is 192 g/mol. The van der Waals surface area contributed by atoms with E-state index >= 15 is 0 Å². The van der Waals surface area contributed by atoms with Gasteiger partial charge in [0.15, 0.2) is 0 Å². The predicted octanol–water partition coefficient (Wildman–Crippen LogP) is 3.66. The van der Waals surface area contributed by atoms with Gasteiger partial charge < -0.3 is 0 Å². The fourth-order valence-electron chi connectivity index (χ4n) is 0.449. The van der Waals surface area contributed by atoms with Crippen molar-refractivity contribution in [3.05, 3.63) is 0 Å². The topological polar surface area (TPSA) is 0 Å². The first-order valence-corrected chi connectivity index (χ1v) is 6.17. The molecule has 0 aromatic heterocycles. The molecular formula is C9H20S2. The van der Waals surface area contributed by atoms with Gasteiger partial charge in [-0.05, 0) is 20.1 Å². The van der Waals surface area contributed by atoms with E-state index in [4.69, 9.17) is 0 Å². The Kier molecular flexibility index (Phi) is 4.34. The second-order valence-corrected chi connectivity index (χ2v) is 7.68. The maximum Gasteiger partial charge on any atom is 0.0191 e. The molecule has 0 atom stereocenters. The molecule has 0 amide bonds. The number of hydrogen-bond acceptors (Lipinski definition) is 2. The molecular weight excluding hydrogens is 172 g/mol. The second kappa shape index (κ2) is 4.08. The van der Waals surface area contributed by atoms with Crippen LogP contribution in [0.5, 0.6) is 0 Å². The molecule has 0 aliphatic carbocycles. The molecule has 2 heteroatoms. The Hall–Kier alpha value is 0.700. The van der Waals surface area contributed by atoms with Gasteiger partial charge in [0.2, 0.25) is 0 Å². The summed E-state index contributed by atoms with van der Waals surface area (Å²) < 4.78 is 0.838. The summed E-state index contributed by atoms with van der Waals surface area (Å²) in [4.78, 5) is 0.